The number of ether oxygens (including phenoxy) is 2. The summed E-state index contributed by atoms with van der Waals surface area (Å²) < 4.78 is 11.2. The van der Waals surface area contributed by atoms with E-state index < -0.39 is 0 Å². The Hall–Kier alpha value is -1.39. The number of hydrogen-bond donors (Lipinski definition) is 1. The number of nitrogens with one attached hydrogen (secondary N) is 1. The third kappa shape index (κ3) is 2.47. The summed E-state index contributed by atoms with van der Waals surface area (Å²) in [5, 5.41) is 3.41. The van der Waals surface area contributed by atoms with Gasteiger partial charge in [-0.2, -0.15) is 0 Å². The lowest BCUT2D eigenvalue weighted by Gasteiger charge is -2.48. The van der Waals surface area contributed by atoms with Crippen molar-refractivity contribution in [1.29, 1.82) is 0 Å². The Kier molecular flexibility index (Phi) is 4.35. The highest BCUT2D eigenvalue weighted by molar-refractivity contribution is 5.89. The first kappa shape index (κ1) is 16.1. The standard InChI is InChI=1S/C20H27NO3/c1-23-13-16-17(15-9-12-24-18(15)16)21-19(22)20(10-5-6-11-20)14-7-3-2-4-8-14/h2-4,7-8,15-18H,5-6,9-13H2,1H3,(H,21,22)/t15-,16+,17+,18-/m1/s1. The molecule has 4 nitrogen and oxygen atoms in total. The molecule has 1 aromatic rings. The second kappa shape index (κ2) is 6.49. The van der Waals surface area contributed by atoms with Crippen molar-refractivity contribution in [2.24, 2.45) is 11.8 Å². The molecular formula is C20H27NO3. The van der Waals surface area contributed by atoms with E-state index in [2.05, 4.69) is 17.4 Å². The van der Waals surface area contributed by atoms with E-state index in [-0.39, 0.29) is 23.5 Å². The lowest BCUT2D eigenvalue weighted by Crippen LogP contribution is -2.64. The zero-order valence-electron chi connectivity index (χ0n) is 14.4. The van der Waals surface area contributed by atoms with Crippen LogP contribution in [0.3, 0.4) is 0 Å². The van der Waals surface area contributed by atoms with Crippen LogP contribution >= 0.6 is 0 Å². The van der Waals surface area contributed by atoms with Gasteiger partial charge in [0.1, 0.15) is 0 Å². The largest absolute Gasteiger partial charge is 0.384 e. The van der Waals surface area contributed by atoms with Crippen LogP contribution in [0.5, 0.6) is 0 Å². The fourth-order valence-electron chi connectivity index (χ4n) is 5.11. The molecule has 0 spiro atoms. The van der Waals surface area contributed by atoms with Gasteiger partial charge in [0.2, 0.25) is 5.91 Å². The molecule has 1 aromatic carbocycles. The van der Waals surface area contributed by atoms with Gasteiger partial charge in [-0.05, 0) is 24.8 Å². The van der Waals surface area contributed by atoms with Crippen LogP contribution in [0.1, 0.15) is 37.7 Å². The number of hydrogen-bond acceptors (Lipinski definition) is 3. The molecule has 1 heterocycles. The van der Waals surface area contributed by atoms with Crippen LogP contribution < -0.4 is 5.32 Å². The zero-order chi connectivity index (χ0) is 16.6. The molecule has 1 aliphatic heterocycles. The Balaban J connectivity index is 1.54. The maximum atomic E-state index is 13.3. The van der Waals surface area contributed by atoms with E-state index in [1.807, 2.05) is 18.2 Å². The molecule has 4 rings (SSSR count). The molecule has 1 amide bonds. The van der Waals surface area contributed by atoms with Crippen molar-refractivity contribution in [2.75, 3.05) is 20.3 Å². The van der Waals surface area contributed by atoms with Gasteiger partial charge < -0.3 is 14.8 Å². The molecule has 24 heavy (non-hydrogen) atoms. The van der Waals surface area contributed by atoms with Crippen LogP contribution in [0.2, 0.25) is 0 Å². The molecule has 4 atom stereocenters. The average Bonchev–Trinajstić information content (AvgIpc) is 3.26. The summed E-state index contributed by atoms with van der Waals surface area (Å²) in [6, 6.07) is 10.5. The minimum atomic E-state index is -0.344. The van der Waals surface area contributed by atoms with Crippen LogP contribution in [0.4, 0.5) is 0 Å². The van der Waals surface area contributed by atoms with E-state index in [1.165, 1.54) is 5.56 Å². The summed E-state index contributed by atoms with van der Waals surface area (Å²) in [5.41, 5.74) is 0.825. The topological polar surface area (TPSA) is 47.6 Å². The first-order valence-electron chi connectivity index (χ1n) is 9.23. The molecule has 2 saturated carbocycles. The predicted octanol–water partition coefficient (Wildman–Crippen LogP) is 2.66. The van der Waals surface area contributed by atoms with Gasteiger partial charge in [-0.25, -0.2) is 0 Å². The van der Waals surface area contributed by atoms with Gasteiger partial charge in [-0.15, -0.1) is 0 Å². The molecule has 130 valence electrons. The number of carbonyl (C=O) groups is 1. The molecule has 1 N–H and O–H groups in total. The summed E-state index contributed by atoms with van der Waals surface area (Å²) in [6.45, 7) is 1.47. The van der Waals surface area contributed by atoms with Crippen LogP contribution in [0.15, 0.2) is 30.3 Å². The van der Waals surface area contributed by atoms with Gasteiger partial charge in [0.05, 0.1) is 18.1 Å². The maximum absolute atomic E-state index is 13.3. The van der Waals surface area contributed by atoms with Crippen molar-refractivity contribution in [2.45, 2.75) is 49.7 Å². The summed E-state index contributed by atoms with van der Waals surface area (Å²) >= 11 is 0. The number of carbonyl (C=O) groups excluding carboxylic acids is 1. The summed E-state index contributed by atoms with van der Waals surface area (Å²) in [5.74, 6) is 0.964. The summed E-state index contributed by atoms with van der Waals surface area (Å²) in [7, 11) is 1.73. The minimum Gasteiger partial charge on any atom is -0.384 e. The number of amides is 1. The predicted molar refractivity (Wildman–Crippen MR) is 91.7 cm³/mol. The van der Waals surface area contributed by atoms with E-state index in [9.17, 15) is 4.79 Å². The third-order valence-electron chi connectivity index (χ3n) is 6.40. The molecular weight excluding hydrogens is 302 g/mol. The Morgan fingerprint density at radius 3 is 2.75 bits per heavy atom. The monoisotopic (exact) mass is 329 g/mol. The van der Waals surface area contributed by atoms with Crippen molar-refractivity contribution in [1.82, 2.24) is 5.32 Å². The van der Waals surface area contributed by atoms with E-state index in [0.29, 0.717) is 18.4 Å². The van der Waals surface area contributed by atoms with Crippen molar-refractivity contribution in [3.63, 3.8) is 0 Å². The van der Waals surface area contributed by atoms with Gasteiger partial charge in [0.25, 0.3) is 0 Å². The smallest absolute Gasteiger partial charge is 0.230 e. The second-order valence-corrected chi connectivity index (χ2v) is 7.56. The number of rotatable bonds is 5. The molecule has 0 unspecified atom stereocenters. The SMILES string of the molecule is COC[C@H]1[C@@H](NC(=O)C2(c3ccccc3)CCCC2)[C@H]2CCO[C@H]21. The molecule has 4 heteroatoms. The van der Waals surface area contributed by atoms with E-state index in [0.717, 1.165) is 38.7 Å². The number of methoxy groups -OCH3 is 1. The van der Waals surface area contributed by atoms with Gasteiger partial charge >= 0.3 is 0 Å². The first-order chi connectivity index (χ1) is 11.8. The maximum Gasteiger partial charge on any atom is 0.230 e. The third-order valence-corrected chi connectivity index (χ3v) is 6.40. The van der Waals surface area contributed by atoms with E-state index in [4.69, 9.17) is 9.47 Å². The highest BCUT2D eigenvalue weighted by Crippen LogP contribution is 2.46. The lowest BCUT2D eigenvalue weighted by molar-refractivity contribution is -0.135. The second-order valence-electron chi connectivity index (χ2n) is 7.56. The minimum absolute atomic E-state index is 0.200. The molecule has 1 saturated heterocycles. The van der Waals surface area contributed by atoms with Crippen molar-refractivity contribution in [3.8, 4) is 0 Å². The van der Waals surface area contributed by atoms with Crippen LogP contribution in [-0.4, -0.2) is 38.4 Å². The van der Waals surface area contributed by atoms with E-state index in [1.54, 1.807) is 7.11 Å². The van der Waals surface area contributed by atoms with Gasteiger partial charge in [0, 0.05) is 31.6 Å². The van der Waals surface area contributed by atoms with Crippen LogP contribution in [-0.2, 0) is 19.7 Å². The Bertz CT molecular complexity index is 582. The Labute approximate surface area is 143 Å². The summed E-state index contributed by atoms with van der Waals surface area (Å²) in [4.78, 5) is 13.3. The van der Waals surface area contributed by atoms with Crippen molar-refractivity contribution in [3.05, 3.63) is 35.9 Å². The zero-order valence-corrected chi connectivity index (χ0v) is 14.4. The fraction of sp³-hybridized carbons (Fsp3) is 0.650. The molecule has 0 bridgehead atoms. The fourth-order valence-corrected chi connectivity index (χ4v) is 5.11. The number of fused-ring (bicyclic) bond motifs is 1. The highest BCUT2D eigenvalue weighted by atomic mass is 16.5. The van der Waals surface area contributed by atoms with Gasteiger partial charge in [-0.1, -0.05) is 43.2 Å². The normalized spacial score (nSPS) is 33.7. The molecule has 0 aromatic heterocycles. The molecule has 3 aliphatic rings. The number of benzene rings is 1. The van der Waals surface area contributed by atoms with E-state index >= 15 is 0 Å². The van der Waals surface area contributed by atoms with Crippen molar-refractivity contribution < 1.29 is 14.3 Å². The van der Waals surface area contributed by atoms with Crippen LogP contribution in [0.25, 0.3) is 0 Å². The quantitative estimate of drug-likeness (QED) is 0.903. The summed E-state index contributed by atoms with van der Waals surface area (Å²) in [6.07, 6.45) is 5.48. The molecule has 0 radical (unpaired) electrons. The Morgan fingerprint density at radius 1 is 1.29 bits per heavy atom. The average molecular weight is 329 g/mol. The van der Waals surface area contributed by atoms with Crippen molar-refractivity contribution >= 4 is 5.91 Å². The lowest BCUT2D eigenvalue weighted by atomic mass is 9.66. The van der Waals surface area contributed by atoms with Gasteiger partial charge in [0.15, 0.2) is 0 Å². The van der Waals surface area contributed by atoms with Gasteiger partial charge in [-0.3, -0.25) is 4.79 Å². The molecule has 3 fully saturated rings. The Morgan fingerprint density at radius 2 is 2.04 bits per heavy atom. The highest BCUT2D eigenvalue weighted by Gasteiger charge is 2.55. The first-order valence-corrected chi connectivity index (χ1v) is 9.23. The van der Waals surface area contributed by atoms with Crippen LogP contribution in [0, 0.1) is 11.8 Å². The molecule has 2 aliphatic carbocycles.